The monoisotopic (exact) mass is 308 g/mol. The summed E-state index contributed by atoms with van der Waals surface area (Å²) in [5.74, 6) is -5.10. The number of carbonyl (C=O) groups is 1. The molecule has 0 aliphatic carbocycles. The number of hydrogen-bond acceptors (Lipinski definition) is 2. The smallest absolute Gasteiger partial charge is 0.326 e. The van der Waals surface area contributed by atoms with Crippen molar-refractivity contribution in [2.24, 2.45) is 0 Å². The standard InChI is InChI=1S/C13H13F5N2O/c1-19-11(12(14,15)13(16,17)18)8-2-4-9-7(6-8)3-5-10(21)20-9/h2,4,6,11,19H,3,5H2,1H3,(H,20,21). The summed E-state index contributed by atoms with van der Waals surface area (Å²) in [5, 5.41) is 4.57. The number of nitrogens with one attached hydrogen (secondary N) is 2. The summed E-state index contributed by atoms with van der Waals surface area (Å²) >= 11 is 0. The van der Waals surface area contributed by atoms with Crippen molar-refractivity contribution < 1.29 is 26.7 Å². The Morgan fingerprint density at radius 3 is 2.43 bits per heavy atom. The number of alkyl halides is 5. The van der Waals surface area contributed by atoms with Crippen LogP contribution in [0, 0.1) is 0 Å². The number of benzene rings is 1. The lowest BCUT2D eigenvalue weighted by Crippen LogP contribution is -2.47. The van der Waals surface area contributed by atoms with Crippen LogP contribution in [0.15, 0.2) is 18.2 Å². The molecule has 1 atom stereocenters. The minimum absolute atomic E-state index is 0.172. The van der Waals surface area contributed by atoms with Gasteiger partial charge in [0.2, 0.25) is 5.91 Å². The number of halogens is 5. The van der Waals surface area contributed by atoms with Crippen molar-refractivity contribution in [1.82, 2.24) is 5.32 Å². The Kier molecular flexibility index (Phi) is 3.92. The molecule has 21 heavy (non-hydrogen) atoms. The fraction of sp³-hybridized carbons (Fsp3) is 0.462. The van der Waals surface area contributed by atoms with Gasteiger partial charge in [0.1, 0.15) is 6.04 Å². The third kappa shape index (κ3) is 2.85. The van der Waals surface area contributed by atoms with E-state index in [2.05, 4.69) is 5.32 Å². The Morgan fingerprint density at radius 2 is 1.86 bits per heavy atom. The van der Waals surface area contributed by atoms with Gasteiger partial charge in [-0.15, -0.1) is 0 Å². The van der Waals surface area contributed by atoms with E-state index in [9.17, 15) is 26.7 Å². The molecule has 1 unspecified atom stereocenters. The highest BCUT2D eigenvalue weighted by Gasteiger charge is 2.62. The number of rotatable bonds is 3. The topological polar surface area (TPSA) is 41.1 Å². The van der Waals surface area contributed by atoms with Crippen molar-refractivity contribution in [2.75, 3.05) is 12.4 Å². The van der Waals surface area contributed by atoms with Gasteiger partial charge in [-0.1, -0.05) is 12.1 Å². The van der Waals surface area contributed by atoms with Crippen LogP contribution in [0.25, 0.3) is 0 Å². The number of hydrogen-bond donors (Lipinski definition) is 2. The van der Waals surface area contributed by atoms with Crippen LogP contribution >= 0.6 is 0 Å². The molecular formula is C13H13F5N2O. The van der Waals surface area contributed by atoms with Gasteiger partial charge >= 0.3 is 12.1 Å². The van der Waals surface area contributed by atoms with E-state index in [1.165, 1.54) is 12.1 Å². The molecule has 116 valence electrons. The molecule has 3 nitrogen and oxygen atoms in total. The molecule has 0 saturated heterocycles. The van der Waals surface area contributed by atoms with E-state index in [-0.39, 0.29) is 17.9 Å². The van der Waals surface area contributed by atoms with Crippen molar-refractivity contribution in [3.05, 3.63) is 29.3 Å². The average Bonchev–Trinajstić information content (AvgIpc) is 2.38. The third-order valence-corrected chi connectivity index (χ3v) is 3.39. The van der Waals surface area contributed by atoms with Crippen molar-refractivity contribution in [3.63, 3.8) is 0 Å². The molecule has 1 aliphatic rings. The molecule has 8 heteroatoms. The maximum Gasteiger partial charge on any atom is 0.455 e. The van der Waals surface area contributed by atoms with Gasteiger partial charge in [-0.2, -0.15) is 22.0 Å². The third-order valence-electron chi connectivity index (χ3n) is 3.39. The summed E-state index contributed by atoms with van der Waals surface area (Å²) in [6.45, 7) is 0. The first kappa shape index (κ1) is 15.7. The van der Waals surface area contributed by atoms with E-state index in [4.69, 9.17) is 0 Å². The maximum atomic E-state index is 13.5. The van der Waals surface area contributed by atoms with Crippen molar-refractivity contribution in [3.8, 4) is 0 Å². The first-order chi connectivity index (χ1) is 9.66. The van der Waals surface area contributed by atoms with Gasteiger partial charge in [0.05, 0.1) is 0 Å². The first-order valence-corrected chi connectivity index (χ1v) is 6.21. The van der Waals surface area contributed by atoms with Gasteiger partial charge in [-0.3, -0.25) is 4.79 Å². The molecule has 1 aromatic rings. The van der Waals surface area contributed by atoms with Crippen LogP contribution < -0.4 is 10.6 Å². The minimum Gasteiger partial charge on any atom is -0.326 e. The highest BCUT2D eigenvalue weighted by molar-refractivity contribution is 5.93. The molecule has 0 aromatic heterocycles. The number of aryl methyl sites for hydroxylation is 1. The van der Waals surface area contributed by atoms with Gasteiger partial charge in [0.15, 0.2) is 0 Å². The first-order valence-electron chi connectivity index (χ1n) is 6.21. The average molecular weight is 308 g/mol. The van der Waals surface area contributed by atoms with Crippen LogP contribution in [0.5, 0.6) is 0 Å². The highest BCUT2D eigenvalue weighted by atomic mass is 19.4. The second kappa shape index (κ2) is 5.25. The summed E-state index contributed by atoms with van der Waals surface area (Å²) < 4.78 is 64.5. The van der Waals surface area contributed by atoms with Gasteiger partial charge in [0, 0.05) is 12.1 Å². The zero-order valence-corrected chi connectivity index (χ0v) is 11.0. The summed E-state index contributed by atoms with van der Waals surface area (Å²) in [4.78, 5) is 11.2. The van der Waals surface area contributed by atoms with Crippen LogP contribution in [0.4, 0.5) is 27.6 Å². The van der Waals surface area contributed by atoms with E-state index in [0.29, 0.717) is 17.7 Å². The number of anilines is 1. The second-order valence-electron chi connectivity index (χ2n) is 4.81. The maximum absolute atomic E-state index is 13.5. The summed E-state index contributed by atoms with van der Waals surface area (Å²) in [6.07, 6.45) is -5.16. The second-order valence-corrected chi connectivity index (χ2v) is 4.81. The predicted octanol–water partition coefficient (Wildman–Crippen LogP) is 3.03. The molecular weight excluding hydrogens is 295 g/mol. The van der Waals surface area contributed by atoms with E-state index < -0.39 is 18.1 Å². The van der Waals surface area contributed by atoms with Crippen LogP contribution in [-0.4, -0.2) is 25.1 Å². The van der Waals surface area contributed by atoms with Gasteiger partial charge < -0.3 is 10.6 Å². The van der Waals surface area contributed by atoms with Gasteiger partial charge in [-0.25, -0.2) is 0 Å². The lowest BCUT2D eigenvalue weighted by molar-refractivity contribution is -0.293. The molecule has 2 rings (SSSR count). The Bertz CT molecular complexity index is 556. The van der Waals surface area contributed by atoms with Crippen LogP contribution in [0.3, 0.4) is 0 Å². The minimum atomic E-state index is -5.65. The Hall–Kier alpha value is -1.70. The molecule has 0 spiro atoms. The quantitative estimate of drug-likeness (QED) is 0.843. The predicted molar refractivity (Wildman–Crippen MR) is 66.2 cm³/mol. The number of carbonyl (C=O) groups excluding carboxylic acids is 1. The molecule has 1 amide bonds. The highest BCUT2D eigenvalue weighted by Crippen LogP contribution is 2.44. The number of amides is 1. The summed E-state index contributed by atoms with van der Waals surface area (Å²) in [5.41, 5.74) is 0.820. The summed E-state index contributed by atoms with van der Waals surface area (Å²) in [6, 6.07) is 1.60. The Labute approximate surface area is 117 Å². The van der Waals surface area contributed by atoms with Crippen LogP contribution in [-0.2, 0) is 11.2 Å². The fourth-order valence-corrected chi connectivity index (χ4v) is 2.30. The van der Waals surface area contributed by atoms with E-state index >= 15 is 0 Å². The molecule has 0 radical (unpaired) electrons. The van der Waals surface area contributed by atoms with Crippen molar-refractivity contribution in [1.29, 1.82) is 0 Å². The zero-order chi connectivity index (χ0) is 15.8. The molecule has 0 bridgehead atoms. The molecule has 0 fully saturated rings. The lowest BCUT2D eigenvalue weighted by atomic mass is 9.94. The normalized spacial score (nSPS) is 17.1. The van der Waals surface area contributed by atoms with Crippen molar-refractivity contribution >= 4 is 11.6 Å². The van der Waals surface area contributed by atoms with E-state index in [0.717, 1.165) is 13.1 Å². The van der Waals surface area contributed by atoms with Gasteiger partial charge in [-0.05, 0) is 30.7 Å². The Morgan fingerprint density at radius 1 is 1.19 bits per heavy atom. The zero-order valence-electron chi connectivity index (χ0n) is 11.0. The molecule has 0 saturated carbocycles. The van der Waals surface area contributed by atoms with Gasteiger partial charge in [0.25, 0.3) is 0 Å². The molecule has 1 aliphatic heterocycles. The lowest BCUT2D eigenvalue weighted by Gasteiger charge is -2.29. The molecule has 2 N–H and O–H groups in total. The van der Waals surface area contributed by atoms with E-state index in [1.807, 2.05) is 5.32 Å². The number of fused-ring (bicyclic) bond motifs is 1. The van der Waals surface area contributed by atoms with Crippen LogP contribution in [0.1, 0.15) is 23.6 Å². The molecule has 1 heterocycles. The van der Waals surface area contributed by atoms with Crippen molar-refractivity contribution in [2.45, 2.75) is 31.0 Å². The van der Waals surface area contributed by atoms with Crippen LogP contribution in [0.2, 0.25) is 0 Å². The summed E-state index contributed by atoms with van der Waals surface area (Å²) in [7, 11) is 1.05. The fourth-order valence-electron chi connectivity index (χ4n) is 2.30. The Balaban J connectivity index is 2.38. The molecule has 1 aromatic carbocycles. The van der Waals surface area contributed by atoms with E-state index in [1.54, 1.807) is 0 Å². The SMILES string of the molecule is CNC(c1ccc2c(c1)CCC(=O)N2)C(F)(F)C(F)(F)F. The largest absolute Gasteiger partial charge is 0.455 e.